The summed E-state index contributed by atoms with van der Waals surface area (Å²) in [5.74, 6) is -0.336. The Labute approximate surface area is 107 Å². The van der Waals surface area contributed by atoms with Gasteiger partial charge in [0.15, 0.2) is 0 Å². The van der Waals surface area contributed by atoms with Gasteiger partial charge in [-0.3, -0.25) is 0 Å². The van der Waals surface area contributed by atoms with E-state index >= 15 is 0 Å². The van der Waals surface area contributed by atoms with E-state index in [9.17, 15) is 4.39 Å². The SMILES string of the molecule is Fc1cnc2[nH]cc(-c3ccc4nccn4c3)c2c1. The summed E-state index contributed by atoms with van der Waals surface area (Å²) in [5.41, 5.74) is 3.48. The molecule has 4 nitrogen and oxygen atoms in total. The van der Waals surface area contributed by atoms with E-state index in [1.165, 1.54) is 12.3 Å². The summed E-state index contributed by atoms with van der Waals surface area (Å²) in [7, 11) is 0. The molecule has 0 aliphatic heterocycles. The van der Waals surface area contributed by atoms with Crippen molar-refractivity contribution in [3.05, 3.63) is 55.0 Å². The Hall–Kier alpha value is -2.69. The normalized spacial score (nSPS) is 11.4. The zero-order valence-electron chi connectivity index (χ0n) is 9.84. The van der Waals surface area contributed by atoms with Crippen LogP contribution in [-0.2, 0) is 0 Å². The van der Waals surface area contributed by atoms with Crippen LogP contribution in [0.4, 0.5) is 4.39 Å². The minimum absolute atomic E-state index is 0.336. The van der Waals surface area contributed by atoms with Gasteiger partial charge in [0, 0.05) is 41.3 Å². The van der Waals surface area contributed by atoms with Crippen molar-refractivity contribution in [1.82, 2.24) is 19.4 Å². The van der Waals surface area contributed by atoms with Crippen molar-refractivity contribution in [3.8, 4) is 11.1 Å². The zero-order chi connectivity index (χ0) is 12.8. The molecule has 0 atom stereocenters. The van der Waals surface area contributed by atoms with E-state index < -0.39 is 0 Å². The number of pyridine rings is 2. The van der Waals surface area contributed by atoms with E-state index in [1.807, 2.05) is 35.1 Å². The van der Waals surface area contributed by atoms with E-state index in [1.54, 1.807) is 6.20 Å². The molecule has 0 radical (unpaired) electrons. The standard InChI is InChI=1S/C14H9FN4/c15-10-5-11-12(7-18-14(11)17-6-10)9-1-2-13-16-3-4-19(13)8-9/h1-8H,(H,17,18). The number of halogens is 1. The van der Waals surface area contributed by atoms with Gasteiger partial charge in [-0.1, -0.05) is 0 Å². The predicted molar refractivity (Wildman–Crippen MR) is 70.2 cm³/mol. The molecule has 0 aliphatic carbocycles. The number of H-pyrrole nitrogens is 1. The Morgan fingerprint density at radius 2 is 2.16 bits per heavy atom. The fourth-order valence-corrected chi connectivity index (χ4v) is 2.30. The molecule has 0 aliphatic rings. The Morgan fingerprint density at radius 3 is 3.11 bits per heavy atom. The van der Waals surface area contributed by atoms with Crippen LogP contribution < -0.4 is 0 Å². The summed E-state index contributed by atoms with van der Waals surface area (Å²) in [4.78, 5) is 11.3. The Kier molecular flexibility index (Phi) is 1.97. The van der Waals surface area contributed by atoms with E-state index in [0.717, 1.165) is 22.2 Å². The third-order valence-electron chi connectivity index (χ3n) is 3.20. The number of hydrogen-bond donors (Lipinski definition) is 1. The molecule has 4 heterocycles. The summed E-state index contributed by atoms with van der Waals surface area (Å²) >= 11 is 0. The second kappa shape index (κ2) is 3.65. The number of rotatable bonds is 1. The Bertz CT molecular complexity index is 891. The van der Waals surface area contributed by atoms with Gasteiger partial charge < -0.3 is 9.38 Å². The molecule has 0 saturated carbocycles. The third kappa shape index (κ3) is 1.52. The van der Waals surface area contributed by atoms with Crippen molar-refractivity contribution in [3.63, 3.8) is 0 Å². The average Bonchev–Trinajstić information content (AvgIpc) is 3.03. The van der Waals surface area contributed by atoms with Crippen molar-refractivity contribution in [1.29, 1.82) is 0 Å². The molecule has 0 spiro atoms. The number of hydrogen-bond acceptors (Lipinski definition) is 2. The number of aromatic amines is 1. The van der Waals surface area contributed by atoms with Crippen LogP contribution >= 0.6 is 0 Å². The van der Waals surface area contributed by atoms with Crippen molar-refractivity contribution < 1.29 is 4.39 Å². The van der Waals surface area contributed by atoms with Crippen LogP contribution in [0.3, 0.4) is 0 Å². The van der Waals surface area contributed by atoms with Crippen LogP contribution in [0.15, 0.2) is 49.2 Å². The van der Waals surface area contributed by atoms with Crippen molar-refractivity contribution in [2.24, 2.45) is 0 Å². The lowest BCUT2D eigenvalue weighted by atomic mass is 10.1. The van der Waals surface area contributed by atoms with Crippen LogP contribution in [0.2, 0.25) is 0 Å². The van der Waals surface area contributed by atoms with Gasteiger partial charge in [0.25, 0.3) is 0 Å². The second-order valence-electron chi connectivity index (χ2n) is 4.36. The van der Waals surface area contributed by atoms with Crippen molar-refractivity contribution in [2.45, 2.75) is 0 Å². The number of aromatic nitrogens is 4. The molecule has 4 aromatic heterocycles. The topological polar surface area (TPSA) is 46.0 Å². The van der Waals surface area contributed by atoms with Crippen LogP contribution in [0.25, 0.3) is 27.8 Å². The predicted octanol–water partition coefficient (Wildman–Crippen LogP) is 3.02. The van der Waals surface area contributed by atoms with Gasteiger partial charge in [-0.2, -0.15) is 0 Å². The number of nitrogens with one attached hydrogen (secondary N) is 1. The minimum Gasteiger partial charge on any atom is -0.346 e. The molecule has 0 bridgehead atoms. The molecule has 4 rings (SSSR count). The Balaban J connectivity index is 2.00. The average molecular weight is 252 g/mol. The van der Waals surface area contributed by atoms with Crippen LogP contribution in [0.1, 0.15) is 0 Å². The molecular formula is C14H9FN4. The molecule has 4 aromatic rings. The zero-order valence-corrected chi connectivity index (χ0v) is 9.84. The quantitative estimate of drug-likeness (QED) is 0.566. The first kappa shape index (κ1) is 10.3. The van der Waals surface area contributed by atoms with Gasteiger partial charge in [0.2, 0.25) is 0 Å². The highest BCUT2D eigenvalue weighted by atomic mass is 19.1. The van der Waals surface area contributed by atoms with Crippen LogP contribution in [0, 0.1) is 5.82 Å². The monoisotopic (exact) mass is 252 g/mol. The lowest BCUT2D eigenvalue weighted by molar-refractivity contribution is 0.624. The summed E-state index contributed by atoms with van der Waals surface area (Å²) < 4.78 is 15.3. The summed E-state index contributed by atoms with van der Waals surface area (Å²) in [5, 5.41) is 0.777. The number of nitrogens with zero attached hydrogens (tertiary/aromatic N) is 3. The van der Waals surface area contributed by atoms with Gasteiger partial charge in [-0.25, -0.2) is 14.4 Å². The molecule has 92 valence electrons. The minimum atomic E-state index is -0.336. The van der Waals surface area contributed by atoms with Crippen LogP contribution in [-0.4, -0.2) is 19.4 Å². The summed E-state index contributed by atoms with van der Waals surface area (Å²) in [6.07, 6.45) is 8.65. The lowest BCUT2D eigenvalue weighted by Gasteiger charge is -2.01. The first-order valence-electron chi connectivity index (χ1n) is 5.87. The molecule has 0 amide bonds. The highest BCUT2D eigenvalue weighted by molar-refractivity contribution is 5.93. The fourth-order valence-electron chi connectivity index (χ4n) is 2.30. The number of imidazole rings is 1. The van der Waals surface area contributed by atoms with E-state index in [4.69, 9.17) is 0 Å². The van der Waals surface area contributed by atoms with Crippen LogP contribution in [0.5, 0.6) is 0 Å². The first-order valence-corrected chi connectivity index (χ1v) is 5.87. The summed E-state index contributed by atoms with van der Waals surface area (Å²) in [6.45, 7) is 0. The smallest absolute Gasteiger partial charge is 0.142 e. The maximum absolute atomic E-state index is 13.3. The summed E-state index contributed by atoms with van der Waals surface area (Å²) in [6, 6.07) is 5.39. The van der Waals surface area contributed by atoms with Crippen molar-refractivity contribution >= 4 is 16.7 Å². The van der Waals surface area contributed by atoms with E-state index in [2.05, 4.69) is 15.0 Å². The van der Waals surface area contributed by atoms with Gasteiger partial charge >= 0.3 is 0 Å². The molecule has 0 aromatic carbocycles. The highest BCUT2D eigenvalue weighted by Gasteiger charge is 2.08. The van der Waals surface area contributed by atoms with Gasteiger partial charge in [-0.15, -0.1) is 0 Å². The molecule has 19 heavy (non-hydrogen) atoms. The molecule has 1 N–H and O–H groups in total. The van der Waals surface area contributed by atoms with E-state index in [0.29, 0.717) is 5.65 Å². The van der Waals surface area contributed by atoms with Gasteiger partial charge in [0.05, 0.1) is 6.20 Å². The van der Waals surface area contributed by atoms with Crippen molar-refractivity contribution in [2.75, 3.05) is 0 Å². The lowest BCUT2D eigenvalue weighted by Crippen LogP contribution is -1.85. The largest absolute Gasteiger partial charge is 0.346 e. The third-order valence-corrected chi connectivity index (χ3v) is 3.20. The first-order chi connectivity index (χ1) is 9.31. The maximum Gasteiger partial charge on any atom is 0.142 e. The highest BCUT2D eigenvalue weighted by Crippen LogP contribution is 2.28. The molecule has 0 unspecified atom stereocenters. The number of fused-ring (bicyclic) bond motifs is 2. The Morgan fingerprint density at radius 1 is 1.21 bits per heavy atom. The molecule has 0 saturated heterocycles. The maximum atomic E-state index is 13.3. The molecular weight excluding hydrogens is 243 g/mol. The fraction of sp³-hybridized carbons (Fsp3) is 0. The van der Waals surface area contributed by atoms with Gasteiger partial charge in [-0.05, 0) is 18.2 Å². The van der Waals surface area contributed by atoms with E-state index in [-0.39, 0.29) is 5.82 Å². The molecule has 0 fully saturated rings. The van der Waals surface area contributed by atoms with Gasteiger partial charge in [0.1, 0.15) is 17.1 Å². The molecule has 5 heteroatoms. The second-order valence-corrected chi connectivity index (χ2v) is 4.36.